The highest BCUT2D eigenvalue weighted by atomic mass is 16.6. The van der Waals surface area contributed by atoms with Crippen LogP contribution in [0.15, 0.2) is 30.6 Å². The van der Waals surface area contributed by atoms with E-state index in [0.717, 1.165) is 11.4 Å². The summed E-state index contributed by atoms with van der Waals surface area (Å²) >= 11 is 0. The van der Waals surface area contributed by atoms with Gasteiger partial charge in [-0.2, -0.15) is 0 Å². The fraction of sp³-hybridized carbons (Fsp3) is 0.438. The van der Waals surface area contributed by atoms with Crippen LogP contribution in [0, 0.1) is 0 Å². The lowest BCUT2D eigenvalue weighted by atomic mass is 10.00. The van der Waals surface area contributed by atoms with Crippen LogP contribution < -0.4 is 5.32 Å². The standard InChI is InChI=1S/C16H22N4O2/c1-11(14-19-17-10-20(14)5)12-7-6-8-13(9-12)18-15(21)22-16(2,3)4/h6-11H,1-5H3,(H,18,21)/t11-/m0/s1. The van der Waals surface area contributed by atoms with E-state index in [1.165, 1.54) is 0 Å². The molecule has 1 heterocycles. The van der Waals surface area contributed by atoms with Crippen molar-refractivity contribution in [3.05, 3.63) is 42.0 Å². The predicted molar refractivity (Wildman–Crippen MR) is 84.8 cm³/mol. The van der Waals surface area contributed by atoms with E-state index in [1.807, 2.05) is 56.7 Å². The molecule has 1 amide bonds. The monoisotopic (exact) mass is 302 g/mol. The molecule has 0 unspecified atom stereocenters. The molecule has 22 heavy (non-hydrogen) atoms. The molecule has 0 aliphatic carbocycles. The number of amides is 1. The highest BCUT2D eigenvalue weighted by Gasteiger charge is 2.17. The maximum Gasteiger partial charge on any atom is 0.412 e. The molecule has 6 nitrogen and oxygen atoms in total. The third-order valence-electron chi connectivity index (χ3n) is 3.17. The van der Waals surface area contributed by atoms with Crippen molar-refractivity contribution in [1.82, 2.24) is 14.8 Å². The third-order valence-corrected chi connectivity index (χ3v) is 3.17. The summed E-state index contributed by atoms with van der Waals surface area (Å²) in [5, 5.41) is 10.8. The first-order valence-corrected chi connectivity index (χ1v) is 7.20. The number of nitrogens with zero attached hydrogens (tertiary/aromatic N) is 3. The van der Waals surface area contributed by atoms with Crippen molar-refractivity contribution in [2.24, 2.45) is 7.05 Å². The average Bonchev–Trinajstić information content (AvgIpc) is 2.82. The molecule has 2 rings (SSSR count). The van der Waals surface area contributed by atoms with Gasteiger partial charge in [-0.25, -0.2) is 4.79 Å². The summed E-state index contributed by atoms with van der Waals surface area (Å²) in [6, 6.07) is 7.65. The van der Waals surface area contributed by atoms with Gasteiger partial charge in [-0.15, -0.1) is 10.2 Å². The SMILES string of the molecule is C[C@@H](c1cccc(NC(=O)OC(C)(C)C)c1)c1nncn1C. The number of aryl methyl sites for hydroxylation is 1. The minimum absolute atomic E-state index is 0.0767. The number of anilines is 1. The van der Waals surface area contributed by atoms with Crippen molar-refractivity contribution in [2.45, 2.75) is 39.2 Å². The summed E-state index contributed by atoms with van der Waals surface area (Å²) in [6.07, 6.45) is 1.21. The average molecular weight is 302 g/mol. The van der Waals surface area contributed by atoms with E-state index in [-0.39, 0.29) is 5.92 Å². The first-order chi connectivity index (χ1) is 10.3. The molecule has 0 bridgehead atoms. The first kappa shape index (κ1) is 16.0. The van der Waals surface area contributed by atoms with Gasteiger partial charge in [-0.1, -0.05) is 19.1 Å². The van der Waals surface area contributed by atoms with Gasteiger partial charge in [0.05, 0.1) is 0 Å². The lowest BCUT2D eigenvalue weighted by Gasteiger charge is -2.20. The topological polar surface area (TPSA) is 69.0 Å². The highest BCUT2D eigenvalue weighted by Crippen LogP contribution is 2.24. The summed E-state index contributed by atoms with van der Waals surface area (Å²) in [5.74, 6) is 0.947. The first-order valence-electron chi connectivity index (χ1n) is 7.20. The van der Waals surface area contributed by atoms with Gasteiger partial charge in [0.2, 0.25) is 0 Å². The van der Waals surface area contributed by atoms with Gasteiger partial charge < -0.3 is 9.30 Å². The van der Waals surface area contributed by atoms with Crippen LogP contribution in [-0.4, -0.2) is 26.5 Å². The van der Waals surface area contributed by atoms with Crippen LogP contribution in [0.25, 0.3) is 0 Å². The number of benzene rings is 1. The van der Waals surface area contributed by atoms with Crippen LogP contribution in [-0.2, 0) is 11.8 Å². The quantitative estimate of drug-likeness (QED) is 0.944. The number of ether oxygens (including phenoxy) is 1. The lowest BCUT2D eigenvalue weighted by molar-refractivity contribution is 0.0636. The fourth-order valence-corrected chi connectivity index (χ4v) is 2.14. The highest BCUT2D eigenvalue weighted by molar-refractivity contribution is 5.85. The van der Waals surface area contributed by atoms with Gasteiger partial charge in [0.1, 0.15) is 17.8 Å². The molecule has 0 aliphatic rings. The van der Waals surface area contributed by atoms with Gasteiger partial charge >= 0.3 is 6.09 Å². The van der Waals surface area contributed by atoms with Gasteiger partial charge in [-0.3, -0.25) is 5.32 Å². The van der Waals surface area contributed by atoms with E-state index >= 15 is 0 Å². The molecule has 0 saturated heterocycles. The molecule has 0 fully saturated rings. The second-order valence-electron chi connectivity index (χ2n) is 6.27. The summed E-state index contributed by atoms with van der Waals surface area (Å²) in [5.41, 5.74) is 1.22. The Hall–Kier alpha value is -2.37. The minimum atomic E-state index is -0.520. The lowest BCUT2D eigenvalue weighted by Crippen LogP contribution is -2.27. The second-order valence-corrected chi connectivity index (χ2v) is 6.27. The Morgan fingerprint density at radius 2 is 2.09 bits per heavy atom. The van der Waals surface area contributed by atoms with Crippen LogP contribution in [0.3, 0.4) is 0 Å². The molecular formula is C16H22N4O2. The van der Waals surface area contributed by atoms with Gasteiger partial charge in [-0.05, 0) is 38.5 Å². The van der Waals surface area contributed by atoms with E-state index in [1.54, 1.807) is 6.33 Å². The molecule has 0 radical (unpaired) electrons. The fourth-order valence-electron chi connectivity index (χ4n) is 2.14. The Balaban J connectivity index is 2.13. The van der Waals surface area contributed by atoms with Gasteiger partial charge in [0.25, 0.3) is 0 Å². The molecule has 1 aromatic carbocycles. The predicted octanol–water partition coefficient (Wildman–Crippen LogP) is 3.31. The largest absolute Gasteiger partial charge is 0.444 e. The van der Waals surface area contributed by atoms with E-state index in [0.29, 0.717) is 5.69 Å². The molecule has 0 aliphatic heterocycles. The molecule has 0 spiro atoms. The third kappa shape index (κ3) is 4.07. The van der Waals surface area contributed by atoms with Crippen LogP contribution in [0.2, 0.25) is 0 Å². The number of carbonyl (C=O) groups excluding carboxylic acids is 1. The summed E-state index contributed by atoms with van der Waals surface area (Å²) in [7, 11) is 1.91. The van der Waals surface area contributed by atoms with Crippen LogP contribution in [0.1, 0.15) is 45.0 Å². The zero-order chi connectivity index (χ0) is 16.3. The number of rotatable bonds is 3. The van der Waals surface area contributed by atoms with Crippen molar-refractivity contribution in [3.8, 4) is 0 Å². The smallest absolute Gasteiger partial charge is 0.412 e. The van der Waals surface area contributed by atoms with E-state index < -0.39 is 11.7 Å². The number of carbonyl (C=O) groups is 1. The Kier molecular flexibility index (Phi) is 4.49. The number of aromatic nitrogens is 3. The van der Waals surface area contributed by atoms with E-state index in [9.17, 15) is 4.79 Å². The maximum atomic E-state index is 11.8. The minimum Gasteiger partial charge on any atom is -0.444 e. The number of hydrogen-bond donors (Lipinski definition) is 1. The molecule has 2 aromatic rings. The Labute approximate surface area is 130 Å². The normalized spacial score (nSPS) is 12.8. The number of nitrogens with one attached hydrogen (secondary N) is 1. The second kappa shape index (κ2) is 6.17. The molecular weight excluding hydrogens is 280 g/mol. The van der Waals surface area contributed by atoms with E-state index in [2.05, 4.69) is 22.4 Å². The Morgan fingerprint density at radius 3 is 2.68 bits per heavy atom. The van der Waals surface area contributed by atoms with Crippen LogP contribution >= 0.6 is 0 Å². The molecule has 118 valence electrons. The zero-order valence-electron chi connectivity index (χ0n) is 13.6. The molecule has 1 aromatic heterocycles. The summed E-state index contributed by atoms with van der Waals surface area (Å²) in [6.45, 7) is 7.55. The molecule has 6 heteroatoms. The van der Waals surface area contributed by atoms with Crippen molar-refractivity contribution in [1.29, 1.82) is 0 Å². The van der Waals surface area contributed by atoms with Crippen molar-refractivity contribution >= 4 is 11.8 Å². The maximum absolute atomic E-state index is 11.8. The van der Waals surface area contributed by atoms with E-state index in [4.69, 9.17) is 4.74 Å². The zero-order valence-corrected chi connectivity index (χ0v) is 13.6. The number of hydrogen-bond acceptors (Lipinski definition) is 4. The van der Waals surface area contributed by atoms with Crippen molar-refractivity contribution < 1.29 is 9.53 Å². The van der Waals surface area contributed by atoms with Crippen LogP contribution in [0.5, 0.6) is 0 Å². The van der Waals surface area contributed by atoms with Crippen molar-refractivity contribution in [2.75, 3.05) is 5.32 Å². The van der Waals surface area contributed by atoms with Crippen LogP contribution in [0.4, 0.5) is 10.5 Å². The summed E-state index contributed by atoms with van der Waals surface area (Å²) in [4.78, 5) is 11.8. The van der Waals surface area contributed by atoms with Gasteiger partial charge in [0.15, 0.2) is 0 Å². The Morgan fingerprint density at radius 1 is 1.36 bits per heavy atom. The molecule has 1 atom stereocenters. The van der Waals surface area contributed by atoms with Gasteiger partial charge in [0, 0.05) is 18.7 Å². The summed E-state index contributed by atoms with van der Waals surface area (Å²) < 4.78 is 7.14. The Bertz CT molecular complexity index is 658. The molecule has 0 saturated carbocycles. The molecule has 1 N–H and O–H groups in total. The van der Waals surface area contributed by atoms with Crippen molar-refractivity contribution in [3.63, 3.8) is 0 Å².